The van der Waals surface area contributed by atoms with Crippen LogP contribution in [0.4, 0.5) is 0 Å². The standard InChI is InChI=1S/C21H24N2O3/c1-14-15-9-5-8-12-19(15)26-20(14)21(24)22-13-17(23(2)3)16-10-6-7-11-18(16)25-4/h5-12,17H,13H2,1-4H3,(H,22,24). The highest BCUT2D eigenvalue weighted by Crippen LogP contribution is 2.28. The molecule has 0 spiro atoms. The lowest BCUT2D eigenvalue weighted by Gasteiger charge is -2.26. The summed E-state index contributed by atoms with van der Waals surface area (Å²) in [6, 6.07) is 15.5. The maximum absolute atomic E-state index is 12.7. The Kier molecular flexibility index (Phi) is 5.28. The third kappa shape index (κ3) is 3.44. The molecule has 0 saturated heterocycles. The van der Waals surface area contributed by atoms with Gasteiger partial charge in [0.2, 0.25) is 0 Å². The van der Waals surface area contributed by atoms with Gasteiger partial charge in [-0.2, -0.15) is 0 Å². The summed E-state index contributed by atoms with van der Waals surface area (Å²) in [7, 11) is 5.62. The first-order chi connectivity index (χ1) is 12.5. The summed E-state index contributed by atoms with van der Waals surface area (Å²) < 4.78 is 11.2. The summed E-state index contributed by atoms with van der Waals surface area (Å²) in [4.78, 5) is 14.8. The van der Waals surface area contributed by atoms with Crippen molar-refractivity contribution in [1.29, 1.82) is 0 Å². The molecule has 1 atom stereocenters. The Morgan fingerprint density at radius 3 is 2.54 bits per heavy atom. The SMILES string of the molecule is COc1ccccc1C(CNC(=O)c1oc2ccccc2c1C)N(C)C. The van der Waals surface area contributed by atoms with Gasteiger partial charge in [-0.3, -0.25) is 4.79 Å². The Morgan fingerprint density at radius 2 is 1.85 bits per heavy atom. The zero-order chi connectivity index (χ0) is 18.7. The summed E-state index contributed by atoms with van der Waals surface area (Å²) in [6.45, 7) is 2.35. The van der Waals surface area contributed by atoms with Crippen molar-refractivity contribution in [2.75, 3.05) is 27.7 Å². The Labute approximate surface area is 153 Å². The van der Waals surface area contributed by atoms with Crippen LogP contribution in [0, 0.1) is 6.92 Å². The summed E-state index contributed by atoms with van der Waals surface area (Å²) in [5.41, 5.74) is 2.61. The zero-order valence-electron chi connectivity index (χ0n) is 15.6. The molecule has 26 heavy (non-hydrogen) atoms. The molecule has 0 saturated carbocycles. The minimum Gasteiger partial charge on any atom is -0.496 e. The van der Waals surface area contributed by atoms with Crippen molar-refractivity contribution in [3.63, 3.8) is 0 Å². The highest BCUT2D eigenvalue weighted by atomic mass is 16.5. The minimum absolute atomic E-state index is 0.0141. The first kappa shape index (κ1) is 18.0. The van der Waals surface area contributed by atoms with Crippen molar-refractivity contribution < 1.29 is 13.9 Å². The lowest BCUT2D eigenvalue weighted by Crippen LogP contribution is -2.34. The van der Waals surface area contributed by atoms with Crippen molar-refractivity contribution in [1.82, 2.24) is 10.2 Å². The molecule has 1 N–H and O–H groups in total. The number of methoxy groups -OCH3 is 1. The number of likely N-dealkylation sites (N-methyl/N-ethyl adjacent to an activating group) is 1. The number of ether oxygens (including phenoxy) is 1. The number of fused-ring (bicyclic) bond motifs is 1. The van der Waals surface area contributed by atoms with E-state index < -0.39 is 0 Å². The van der Waals surface area contributed by atoms with E-state index in [1.807, 2.05) is 69.6 Å². The van der Waals surface area contributed by atoms with E-state index in [2.05, 4.69) is 10.2 Å². The number of benzene rings is 2. The molecule has 0 aliphatic rings. The third-order valence-electron chi connectivity index (χ3n) is 4.63. The van der Waals surface area contributed by atoms with Crippen LogP contribution in [0.2, 0.25) is 0 Å². The molecule has 0 aliphatic carbocycles. The van der Waals surface area contributed by atoms with Gasteiger partial charge in [-0.05, 0) is 33.2 Å². The Morgan fingerprint density at radius 1 is 1.15 bits per heavy atom. The summed E-state index contributed by atoms with van der Waals surface area (Å²) in [6.07, 6.45) is 0. The van der Waals surface area contributed by atoms with Crippen LogP contribution in [-0.4, -0.2) is 38.6 Å². The van der Waals surface area contributed by atoms with Crippen molar-refractivity contribution in [3.8, 4) is 5.75 Å². The van der Waals surface area contributed by atoms with E-state index in [1.165, 1.54) is 0 Å². The summed E-state index contributed by atoms with van der Waals surface area (Å²) in [5.74, 6) is 0.963. The largest absolute Gasteiger partial charge is 0.496 e. The molecule has 0 fully saturated rings. The average molecular weight is 352 g/mol. The number of carbonyl (C=O) groups is 1. The van der Waals surface area contributed by atoms with Crippen LogP contribution in [-0.2, 0) is 0 Å². The first-order valence-corrected chi connectivity index (χ1v) is 8.58. The number of aryl methyl sites for hydroxylation is 1. The molecule has 0 aliphatic heterocycles. The lowest BCUT2D eigenvalue weighted by atomic mass is 10.0. The van der Waals surface area contributed by atoms with E-state index in [4.69, 9.17) is 9.15 Å². The highest BCUT2D eigenvalue weighted by Gasteiger charge is 2.22. The fourth-order valence-electron chi connectivity index (χ4n) is 3.17. The topological polar surface area (TPSA) is 54.7 Å². The van der Waals surface area contributed by atoms with Gasteiger partial charge >= 0.3 is 0 Å². The Balaban J connectivity index is 1.80. The normalized spacial score (nSPS) is 12.3. The van der Waals surface area contributed by atoms with Gasteiger partial charge in [0.15, 0.2) is 5.76 Å². The Bertz CT molecular complexity index is 915. The van der Waals surface area contributed by atoms with Crippen LogP contribution in [0.15, 0.2) is 52.9 Å². The van der Waals surface area contributed by atoms with E-state index in [-0.39, 0.29) is 11.9 Å². The number of hydrogen-bond donors (Lipinski definition) is 1. The van der Waals surface area contributed by atoms with Crippen LogP contribution in [0.3, 0.4) is 0 Å². The predicted octanol–water partition coefficient (Wildman–Crippen LogP) is 3.78. The molecule has 0 radical (unpaired) electrons. The number of amides is 1. The van der Waals surface area contributed by atoms with Crippen LogP contribution < -0.4 is 10.1 Å². The molecule has 1 unspecified atom stereocenters. The highest BCUT2D eigenvalue weighted by molar-refractivity contribution is 5.98. The second-order valence-electron chi connectivity index (χ2n) is 6.48. The second-order valence-corrected chi connectivity index (χ2v) is 6.48. The van der Waals surface area contributed by atoms with Crippen LogP contribution in [0.1, 0.15) is 27.7 Å². The van der Waals surface area contributed by atoms with Crippen LogP contribution in [0.25, 0.3) is 11.0 Å². The number of para-hydroxylation sites is 2. The van der Waals surface area contributed by atoms with E-state index in [0.29, 0.717) is 12.3 Å². The molecule has 1 amide bonds. The maximum atomic E-state index is 12.7. The van der Waals surface area contributed by atoms with Crippen molar-refractivity contribution in [2.24, 2.45) is 0 Å². The molecule has 5 heteroatoms. The number of carbonyl (C=O) groups excluding carboxylic acids is 1. The maximum Gasteiger partial charge on any atom is 0.287 e. The minimum atomic E-state index is -0.208. The van der Waals surface area contributed by atoms with Gasteiger partial charge < -0.3 is 19.4 Å². The molecule has 3 aromatic rings. The monoisotopic (exact) mass is 352 g/mol. The molecular weight excluding hydrogens is 328 g/mol. The fourth-order valence-corrected chi connectivity index (χ4v) is 3.17. The smallest absolute Gasteiger partial charge is 0.287 e. The van der Waals surface area contributed by atoms with Gasteiger partial charge in [-0.1, -0.05) is 36.4 Å². The van der Waals surface area contributed by atoms with Gasteiger partial charge in [-0.15, -0.1) is 0 Å². The van der Waals surface area contributed by atoms with E-state index in [0.717, 1.165) is 27.8 Å². The van der Waals surface area contributed by atoms with Crippen LogP contribution >= 0.6 is 0 Å². The number of furan rings is 1. The number of rotatable bonds is 6. The fraction of sp³-hybridized carbons (Fsp3) is 0.286. The quantitative estimate of drug-likeness (QED) is 0.733. The van der Waals surface area contributed by atoms with E-state index in [1.54, 1.807) is 7.11 Å². The number of hydrogen-bond acceptors (Lipinski definition) is 4. The molecular formula is C21H24N2O3. The van der Waals surface area contributed by atoms with E-state index >= 15 is 0 Å². The second kappa shape index (κ2) is 7.62. The molecule has 136 valence electrons. The van der Waals surface area contributed by atoms with Gasteiger partial charge in [0, 0.05) is 23.1 Å². The molecule has 1 heterocycles. The predicted molar refractivity (Wildman–Crippen MR) is 103 cm³/mol. The molecule has 2 aromatic carbocycles. The van der Waals surface area contributed by atoms with Gasteiger partial charge in [0.05, 0.1) is 13.2 Å². The number of nitrogens with one attached hydrogen (secondary N) is 1. The first-order valence-electron chi connectivity index (χ1n) is 8.58. The third-order valence-corrected chi connectivity index (χ3v) is 4.63. The Hall–Kier alpha value is -2.79. The van der Waals surface area contributed by atoms with E-state index in [9.17, 15) is 4.79 Å². The summed E-state index contributed by atoms with van der Waals surface area (Å²) >= 11 is 0. The summed E-state index contributed by atoms with van der Waals surface area (Å²) in [5, 5.41) is 3.97. The average Bonchev–Trinajstić information content (AvgIpc) is 2.99. The van der Waals surface area contributed by atoms with Crippen LogP contribution in [0.5, 0.6) is 5.75 Å². The molecule has 1 aromatic heterocycles. The van der Waals surface area contributed by atoms with Gasteiger partial charge in [0.1, 0.15) is 11.3 Å². The zero-order valence-corrected chi connectivity index (χ0v) is 15.6. The number of nitrogens with zero attached hydrogens (tertiary/aromatic N) is 1. The molecule has 0 bridgehead atoms. The van der Waals surface area contributed by atoms with Gasteiger partial charge in [0.25, 0.3) is 5.91 Å². The lowest BCUT2D eigenvalue weighted by molar-refractivity contribution is 0.0915. The van der Waals surface area contributed by atoms with Crippen molar-refractivity contribution in [2.45, 2.75) is 13.0 Å². The molecule has 5 nitrogen and oxygen atoms in total. The molecule has 3 rings (SSSR count). The van der Waals surface area contributed by atoms with Crippen molar-refractivity contribution >= 4 is 16.9 Å². The van der Waals surface area contributed by atoms with Gasteiger partial charge in [-0.25, -0.2) is 0 Å². The van der Waals surface area contributed by atoms with Crippen molar-refractivity contribution in [3.05, 3.63) is 65.4 Å².